The number of aromatic nitrogens is 3. The molecule has 96 valence electrons. The van der Waals surface area contributed by atoms with E-state index in [1.807, 2.05) is 13.8 Å². The van der Waals surface area contributed by atoms with Crippen LogP contribution in [0.3, 0.4) is 0 Å². The molecule has 0 bridgehead atoms. The topological polar surface area (TPSA) is 56.7 Å². The predicted molar refractivity (Wildman–Crippen MR) is 64.5 cm³/mol. The van der Waals surface area contributed by atoms with E-state index in [9.17, 15) is 8.78 Å². The molecule has 4 nitrogen and oxygen atoms in total. The third-order valence-electron chi connectivity index (χ3n) is 2.74. The minimum atomic E-state index is -0.555. The largest absolute Gasteiger partial charge is 0.381 e. The summed E-state index contributed by atoms with van der Waals surface area (Å²) in [7, 11) is 0. The fourth-order valence-corrected chi connectivity index (χ4v) is 1.82. The standard InChI is InChI=1S/C12H14F2N4/c1-6(2)11-12(15)16-17-18(11)10-5-8(13)7(3)4-9(10)14/h4-6H,15H2,1-3H3. The number of hydrogen-bond acceptors (Lipinski definition) is 3. The van der Waals surface area contributed by atoms with Crippen molar-refractivity contribution in [2.45, 2.75) is 26.7 Å². The molecular weight excluding hydrogens is 238 g/mol. The van der Waals surface area contributed by atoms with Crippen molar-refractivity contribution in [1.29, 1.82) is 0 Å². The van der Waals surface area contributed by atoms with Crippen LogP contribution < -0.4 is 5.73 Å². The van der Waals surface area contributed by atoms with Crippen LogP contribution in [0.4, 0.5) is 14.6 Å². The molecule has 0 saturated carbocycles. The molecule has 0 aliphatic rings. The summed E-state index contributed by atoms with van der Waals surface area (Å²) in [6, 6.07) is 2.23. The Morgan fingerprint density at radius 3 is 2.50 bits per heavy atom. The number of nitrogen functional groups attached to an aromatic ring is 1. The van der Waals surface area contributed by atoms with Gasteiger partial charge in [-0.3, -0.25) is 0 Å². The van der Waals surface area contributed by atoms with Gasteiger partial charge in [0.1, 0.15) is 17.3 Å². The first-order chi connectivity index (χ1) is 8.41. The highest BCUT2D eigenvalue weighted by Gasteiger charge is 2.18. The molecule has 0 unspecified atom stereocenters. The zero-order valence-corrected chi connectivity index (χ0v) is 10.4. The first-order valence-corrected chi connectivity index (χ1v) is 5.59. The molecule has 1 aromatic carbocycles. The second-order valence-electron chi connectivity index (χ2n) is 4.48. The number of nitrogens with two attached hydrogens (primary N) is 1. The summed E-state index contributed by atoms with van der Waals surface area (Å²) in [6.07, 6.45) is 0. The molecule has 0 spiro atoms. The van der Waals surface area contributed by atoms with Gasteiger partial charge in [-0.1, -0.05) is 19.1 Å². The second kappa shape index (κ2) is 4.36. The molecule has 0 amide bonds. The maximum atomic E-state index is 13.9. The minimum absolute atomic E-state index is 0.00349. The summed E-state index contributed by atoms with van der Waals surface area (Å²) in [5, 5.41) is 7.48. The van der Waals surface area contributed by atoms with E-state index in [2.05, 4.69) is 10.3 Å². The third-order valence-corrected chi connectivity index (χ3v) is 2.74. The Morgan fingerprint density at radius 2 is 1.89 bits per heavy atom. The smallest absolute Gasteiger partial charge is 0.169 e. The van der Waals surface area contributed by atoms with Gasteiger partial charge in [-0.2, -0.15) is 0 Å². The Labute approximate surface area is 103 Å². The van der Waals surface area contributed by atoms with Crippen LogP contribution in [0, 0.1) is 18.6 Å². The summed E-state index contributed by atoms with van der Waals surface area (Å²) in [4.78, 5) is 0. The molecule has 1 heterocycles. The molecule has 0 aliphatic heterocycles. The Morgan fingerprint density at radius 1 is 1.22 bits per heavy atom. The van der Waals surface area contributed by atoms with E-state index in [1.54, 1.807) is 0 Å². The molecule has 18 heavy (non-hydrogen) atoms. The maximum absolute atomic E-state index is 13.9. The fourth-order valence-electron chi connectivity index (χ4n) is 1.82. The lowest BCUT2D eigenvalue weighted by Crippen LogP contribution is -2.08. The van der Waals surface area contributed by atoms with E-state index >= 15 is 0 Å². The van der Waals surface area contributed by atoms with Crippen molar-refractivity contribution in [2.75, 3.05) is 5.73 Å². The van der Waals surface area contributed by atoms with Crippen LogP contribution in [0.5, 0.6) is 0 Å². The van der Waals surface area contributed by atoms with Crippen LogP contribution in [-0.2, 0) is 0 Å². The first kappa shape index (κ1) is 12.5. The molecular formula is C12H14F2N4. The lowest BCUT2D eigenvalue weighted by molar-refractivity contribution is 0.572. The van der Waals surface area contributed by atoms with Crippen LogP contribution in [0.2, 0.25) is 0 Å². The molecule has 0 saturated heterocycles. The van der Waals surface area contributed by atoms with Crippen molar-refractivity contribution in [1.82, 2.24) is 15.0 Å². The Bertz CT molecular complexity index is 590. The van der Waals surface area contributed by atoms with E-state index in [0.717, 1.165) is 12.1 Å². The van der Waals surface area contributed by atoms with Crippen LogP contribution in [0.1, 0.15) is 31.0 Å². The number of aryl methyl sites for hydroxylation is 1. The lowest BCUT2D eigenvalue weighted by Gasteiger charge is -2.11. The van der Waals surface area contributed by atoms with Gasteiger partial charge in [0, 0.05) is 6.07 Å². The maximum Gasteiger partial charge on any atom is 0.169 e. The highest BCUT2D eigenvalue weighted by atomic mass is 19.1. The molecule has 2 rings (SSSR count). The van der Waals surface area contributed by atoms with Crippen LogP contribution in [-0.4, -0.2) is 15.0 Å². The van der Waals surface area contributed by atoms with Crippen molar-refractivity contribution in [3.8, 4) is 5.69 Å². The Balaban J connectivity index is 2.66. The molecule has 0 atom stereocenters. The molecule has 1 aromatic heterocycles. The molecule has 2 aromatic rings. The van der Waals surface area contributed by atoms with Gasteiger partial charge in [0.15, 0.2) is 5.82 Å². The van der Waals surface area contributed by atoms with Gasteiger partial charge in [0.25, 0.3) is 0 Å². The summed E-state index contributed by atoms with van der Waals surface area (Å²) in [6.45, 7) is 5.27. The number of hydrogen-bond donors (Lipinski definition) is 1. The van der Waals surface area contributed by atoms with Crippen molar-refractivity contribution >= 4 is 5.82 Å². The summed E-state index contributed by atoms with van der Waals surface area (Å²) >= 11 is 0. The van der Waals surface area contributed by atoms with Crippen LogP contribution in [0.15, 0.2) is 12.1 Å². The van der Waals surface area contributed by atoms with Gasteiger partial charge in [-0.05, 0) is 24.5 Å². The Hall–Kier alpha value is -1.98. The highest BCUT2D eigenvalue weighted by Crippen LogP contribution is 2.25. The van der Waals surface area contributed by atoms with E-state index in [-0.39, 0.29) is 23.0 Å². The van der Waals surface area contributed by atoms with Crippen LogP contribution in [0.25, 0.3) is 5.69 Å². The summed E-state index contributed by atoms with van der Waals surface area (Å²) < 4.78 is 28.6. The first-order valence-electron chi connectivity index (χ1n) is 5.59. The number of nitrogens with zero attached hydrogens (tertiary/aromatic N) is 3. The molecule has 2 N–H and O–H groups in total. The molecule has 6 heteroatoms. The monoisotopic (exact) mass is 252 g/mol. The fraction of sp³-hybridized carbons (Fsp3) is 0.333. The quantitative estimate of drug-likeness (QED) is 0.893. The molecule has 0 radical (unpaired) electrons. The second-order valence-corrected chi connectivity index (χ2v) is 4.48. The lowest BCUT2D eigenvalue weighted by atomic mass is 10.1. The molecule has 0 fully saturated rings. The van der Waals surface area contributed by atoms with Gasteiger partial charge in [0.2, 0.25) is 0 Å². The van der Waals surface area contributed by atoms with Gasteiger partial charge in [0.05, 0.1) is 5.69 Å². The number of halogens is 2. The van der Waals surface area contributed by atoms with Crippen molar-refractivity contribution in [3.05, 3.63) is 35.0 Å². The van der Waals surface area contributed by atoms with Crippen molar-refractivity contribution in [2.24, 2.45) is 0 Å². The van der Waals surface area contributed by atoms with E-state index in [4.69, 9.17) is 5.73 Å². The van der Waals surface area contributed by atoms with E-state index in [0.29, 0.717) is 5.69 Å². The SMILES string of the molecule is Cc1cc(F)c(-n2nnc(N)c2C(C)C)cc1F. The third kappa shape index (κ3) is 1.94. The number of benzene rings is 1. The highest BCUT2D eigenvalue weighted by molar-refractivity contribution is 5.44. The predicted octanol–water partition coefficient (Wildman–Crippen LogP) is 2.56. The van der Waals surface area contributed by atoms with Crippen molar-refractivity contribution in [3.63, 3.8) is 0 Å². The summed E-state index contributed by atoms with van der Waals surface area (Å²) in [5.41, 5.74) is 6.52. The normalized spacial score (nSPS) is 11.2. The molecule has 0 aliphatic carbocycles. The average Bonchev–Trinajstić information content (AvgIpc) is 2.65. The van der Waals surface area contributed by atoms with Gasteiger partial charge in [-0.15, -0.1) is 5.10 Å². The minimum Gasteiger partial charge on any atom is -0.381 e. The van der Waals surface area contributed by atoms with Crippen LogP contribution >= 0.6 is 0 Å². The van der Waals surface area contributed by atoms with E-state index < -0.39 is 11.6 Å². The summed E-state index contributed by atoms with van der Waals surface area (Å²) in [5.74, 6) is -0.815. The number of rotatable bonds is 2. The van der Waals surface area contributed by atoms with Gasteiger partial charge in [-0.25, -0.2) is 13.5 Å². The van der Waals surface area contributed by atoms with E-state index in [1.165, 1.54) is 11.6 Å². The average molecular weight is 252 g/mol. The zero-order valence-electron chi connectivity index (χ0n) is 10.4. The number of anilines is 1. The van der Waals surface area contributed by atoms with Crippen molar-refractivity contribution < 1.29 is 8.78 Å². The van der Waals surface area contributed by atoms with Gasteiger partial charge >= 0.3 is 0 Å². The van der Waals surface area contributed by atoms with Gasteiger partial charge < -0.3 is 5.73 Å². The Kier molecular flexibility index (Phi) is 3.02. The zero-order chi connectivity index (χ0) is 13.4.